The van der Waals surface area contributed by atoms with Crippen molar-refractivity contribution >= 4 is 17.3 Å². The van der Waals surface area contributed by atoms with Crippen LogP contribution in [0.4, 0.5) is 5.69 Å². The van der Waals surface area contributed by atoms with Crippen LogP contribution in [0.3, 0.4) is 0 Å². The van der Waals surface area contributed by atoms with Gasteiger partial charge in [0.15, 0.2) is 0 Å². The van der Waals surface area contributed by atoms with E-state index in [4.69, 9.17) is 16.7 Å². The lowest BCUT2D eigenvalue weighted by atomic mass is 10.1. The quantitative estimate of drug-likeness (QED) is 0.671. The molecule has 0 bridgehead atoms. The largest absolute Gasteiger partial charge is 0.392 e. The van der Waals surface area contributed by atoms with E-state index in [-0.39, 0.29) is 17.2 Å². The molecule has 1 heterocycles. The van der Waals surface area contributed by atoms with Gasteiger partial charge in [-0.1, -0.05) is 66.2 Å². The molecule has 0 fully saturated rings. The minimum Gasteiger partial charge on any atom is -0.392 e. The molecule has 0 spiro atoms. The van der Waals surface area contributed by atoms with E-state index in [2.05, 4.69) is 10.4 Å². The summed E-state index contributed by atoms with van der Waals surface area (Å²) < 4.78 is 1.36. The lowest BCUT2D eigenvalue weighted by Crippen LogP contribution is -2.25. The summed E-state index contributed by atoms with van der Waals surface area (Å²) in [7, 11) is 0. The average Bonchev–Trinajstić information content (AvgIpc) is 2.68. The number of hydrogen-bond acceptors (Lipinski definition) is 4. The highest BCUT2D eigenvalue weighted by Gasteiger charge is 2.09. The molecule has 134 valence electrons. The van der Waals surface area contributed by atoms with E-state index in [1.807, 2.05) is 54.6 Å². The van der Waals surface area contributed by atoms with Crippen LogP contribution < -0.4 is 10.9 Å². The summed E-state index contributed by atoms with van der Waals surface area (Å²) in [5.41, 5.74) is 3.23. The van der Waals surface area contributed by atoms with Gasteiger partial charge in [-0.15, -0.1) is 0 Å². The van der Waals surface area contributed by atoms with E-state index in [1.54, 1.807) is 6.20 Å². The number of halogens is 1. The second-order valence-corrected chi connectivity index (χ2v) is 6.35. The Morgan fingerprint density at radius 2 is 1.69 bits per heavy atom. The number of aromatic nitrogens is 2. The van der Waals surface area contributed by atoms with Crippen LogP contribution in [-0.4, -0.2) is 21.4 Å². The Balaban J connectivity index is 1.63. The Morgan fingerprint density at radius 3 is 2.38 bits per heavy atom. The van der Waals surface area contributed by atoms with Crippen molar-refractivity contribution in [3.63, 3.8) is 0 Å². The van der Waals surface area contributed by atoms with E-state index in [0.29, 0.717) is 18.8 Å². The van der Waals surface area contributed by atoms with E-state index >= 15 is 0 Å². The minimum atomic E-state index is -0.312. The third-order valence-electron chi connectivity index (χ3n) is 4.09. The van der Waals surface area contributed by atoms with Gasteiger partial charge in [-0.05, 0) is 23.1 Å². The fourth-order valence-electron chi connectivity index (χ4n) is 2.61. The number of aliphatic hydroxyl groups is 1. The van der Waals surface area contributed by atoms with E-state index in [1.165, 1.54) is 4.68 Å². The van der Waals surface area contributed by atoms with Crippen molar-refractivity contribution in [3.8, 4) is 0 Å². The SMILES string of the molecule is O=c1c(Cl)c(NCCc2ccc(CO)cc2)cnn1Cc1ccccc1. The molecule has 0 saturated heterocycles. The monoisotopic (exact) mass is 369 g/mol. The van der Waals surface area contributed by atoms with Gasteiger partial charge in [-0.2, -0.15) is 5.10 Å². The fourth-order valence-corrected chi connectivity index (χ4v) is 2.82. The normalized spacial score (nSPS) is 10.7. The van der Waals surface area contributed by atoms with Crippen LogP contribution in [-0.2, 0) is 19.6 Å². The van der Waals surface area contributed by atoms with Crippen molar-refractivity contribution in [2.75, 3.05) is 11.9 Å². The highest BCUT2D eigenvalue weighted by Crippen LogP contribution is 2.16. The van der Waals surface area contributed by atoms with Crippen LogP contribution >= 0.6 is 11.6 Å². The number of hydrogen-bond donors (Lipinski definition) is 2. The highest BCUT2D eigenvalue weighted by molar-refractivity contribution is 6.32. The molecule has 0 saturated carbocycles. The molecule has 2 N–H and O–H groups in total. The Hall–Kier alpha value is -2.63. The Bertz CT molecular complexity index is 909. The summed E-state index contributed by atoms with van der Waals surface area (Å²) in [6.07, 6.45) is 2.36. The summed E-state index contributed by atoms with van der Waals surface area (Å²) in [6.45, 7) is 1.05. The van der Waals surface area contributed by atoms with Crippen molar-refractivity contribution in [2.24, 2.45) is 0 Å². The molecule has 3 rings (SSSR count). The first-order chi connectivity index (χ1) is 12.7. The number of nitrogens with zero attached hydrogens (tertiary/aromatic N) is 2. The Morgan fingerprint density at radius 1 is 1.00 bits per heavy atom. The van der Waals surface area contributed by atoms with Crippen LogP contribution in [0.25, 0.3) is 0 Å². The molecule has 0 unspecified atom stereocenters. The van der Waals surface area contributed by atoms with Gasteiger partial charge in [0.05, 0.1) is 25.0 Å². The van der Waals surface area contributed by atoms with Crippen LogP contribution in [0.2, 0.25) is 5.02 Å². The number of rotatable bonds is 7. The molecule has 0 amide bonds. The van der Waals surface area contributed by atoms with Gasteiger partial charge in [-0.25, -0.2) is 4.68 Å². The molecule has 1 aromatic heterocycles. The smallest absolute Gasteiger partial charge is 0.287 e. The molecule has 5 nitrogen and oxygen atoms in total. The zero-order valence-corrected chi connectivity index (χ0v) is 15.0. The lowest BCUT2D eigenvalue weighted by molar-refractivity contribution is 0.282. The van der Waals surface area contributed by atoms with Crippen LogP contribution in [0.15, 0.2) is 65.6 Å². The van der Waals surface area contributed by atoms with Crippen molar-refractivity contribution in [3.05, 3.63) is 92.9 Å². The summed E-state index contributed by atoms with van der Waals surface area (Å²) in [5, 5.41) is 16.6. The van der Waals surface area contributed by atoms with E-state index in [0.717, 1.165) is 23.1 Å². The molecular weight excluding hydrogens is 350 g/mol. The average molecular weight is 370 g/mol. The maximum Gasteiger partial charge on any atom is 0.287 e. The maximum atomic E-state index is 12.4. The van der Waals surface area contributed by atoms with Gasteiger partial charge in [0, 0.05) is 6.54 Å². The van der Waals surface area contributed by atoms with Gasteiger partial charge in [0.2, 0.25) is 0 Å². The minimum absolute atomic E-state index is 0.0408. The Kier molecular flexibility index (Phi) is 6.04. The fraction of sp³-hybridized carbons (Fsp3) is 0.200. The second kappa shape index (κ2) is 8.65. The highest BCUT2D eigenvalue weighted by atomic mass is 35.5. The van der Waals surface area contributed by atoms with Crippen molar-refractivity contribution in [2.45, 2.75) is 19.6 Å². The molecule has 0 atom stereocenters. The van der Waals surface area contributed by atoms with E-state index in [9.17, 15) is 4.79 Å². The molecular formula is C20H20ClN3O2. The molecule has 6 heteroatoms. The molecule has 0 aliphatic carbocycles. The summed E-state index contributed by atoms with van der Waals surface area (Å²) >= 11 is 6.22. The van der Waals surface area contributed by atoms with Crippen molar-refractivity contribution in [1.82, 2.24) is 9.78 Å². The molecule has 2 aromatic carbocycles. The first-order valence-corrected chi connectivity index (χ1v) is 8.77. The summed E-state index contributed by atoms with van der Waals surface area (Å²) in [6, 6.07) is 17.4. The zero-order chi connectivity index (χ0) is 18.4. The molecule has 26 heavy (non-hydrogen) atoms. The third kappa shape index (κ3) is 4.50. The van der Waals surface area contributed by atoms with Crippen molar-refractivity contribution < 1.29 is 5.11 Å². The number of benzene rings is 2. The van der Waals surface area contributed by atoms with Gasteiger partial charge >= 0.3 is 0 Å². The molecule has 0 aliphatic rings. The summed E-state index contributed by atoms with van der Waals surface area (Å²) in [5.74, 6) is 0. The first kappa shape index (κ1) is 18.2. The molecule has 0 aliphatic heterocycles. The topological polar surface area (TPSA) is 67.2 Å². The maximum absolute atomic E-state index is 12.4. The Labute approximate surface area is 156 Å². The summed E-state index contributed by atoms with van der Waals surface area (Å²) in [4.78, 5) is 12.4. The van der Waals surface area contributed by atoms with Gasteiger partial charge in [0.25, 0.3) is 5.56 Å². The predicted octanol–water partition coefficient (Wildman–Crippen LogP) is 3.09. The van der Waals surface area contributed by atoms with Gasteiger partial charge in [-0.3, -0.25) is 4.79 Å². The van der Waals surface area contributed by atoms with Gasteiger partial charge < -0.3 is 10.4 Å². The first-order valence-electron chi connectivity index (χ1n) is 8.39. The third-order valence-corrected chi connectivity index (χ3v) is 4.46. The van der Waals surface area contributed by atoms with Gasteiger partial charge in [0.1, 0.15) is 5.02 Å². The zero-order valence-electron chi connectivity index (χ0n) is 14.2. The second-order valence-electron chi connectivity index (χ2n) is 5.97. The molecule has 3 aromatic rings. The van der Waals surface area contributed by atoms with Crippen LogP contribution in [0, 0.1) is 0 Å². The predicted molar refractivity (Wildman–Crippen MR) is 104 cm³/mol. The standard InChI is InChI=1S/C20H20ClN3O2/c21-19-18(22-11-10-15-6-8-17(14-25)9-7-15)12-23-24(20(19)26)13-16-4-2-1-3-5-16/h1-9,12,22,25H,10-11,13-14H2. The van der Waals surface area contributed by atoms with E-state index < -0.39 is 0 Å². The number of anilines is 1. The van der Waals surface area contributed by atoms with Crippen LogP contribution in [0.5, 0.6) is 0 Å². The lowest BCUT2D eigenvalue weighted by Gasteiger charge is -2.10. The van der Waals surface area contributed by atoms with Crippen molar-refractivity contribution in [1.29, 1.82) is 0 Å². The number of aliphatic hydroxyl groups excluding tert-OH is 1. The van der Waals surface area contributed by atoms with Crippen LogP contribution in [0.1, 0.15) is 16.7 Å². The number of nitrogens with one attached hydrogen (secondary N) is 1. The molecule has 0 radical (unpaired) electrons.